The molecule has 8 nitrogen and oxygen atoms in total. The number of nitro benzene ring substituents is 1. The zero-order valence-corrected chi connectivity index (χ0v) is 18.1. The van der Waals surface area contributed by atoms with Crippen LogP contribution in [0.1, 0.15) is 32.6 Å². The van der Waals surface area contributed by atoms with Gasteiger partial charge in [-0.1, -0.05) is 6.92 Å². The molecule has 0 aliphatic heterocycles. The van der Waals surface area contributed by atoms with Crippen LogP contribution in [-0.2, 0) is 0 Å². The van der Waals surface area contributed by atoms with Gasteiger partial charge in [-0.15, -0.1) is 0 Å². The van der Waals surface area contributed by atoms with Crippen LogP contribution in [0.5, 0.6) is 0 Å². The van der Waals surface area contributed by atoms with E-state index in [0.717, 1.165) is 11.6 Å². The largest absolute Gasteiger partial charge is 0.366 e. The molecule has 0 amide bonds. The zero-order valence-electron chi connectivity index (χ0n) is 18.1. The number of halogens is 1. The van der Waals surface area contributed by atoms with Crippen molar-refractivity contribution in [2.45, 2.75) is 38.6 Å². The second kappa shape index (κ2) is 7.47. The predicted molar refractivity (Wildman–Crippen MR) is 123 cm³/mol. The maximum atomic E-state index is 13.9. The molecule has 4 aromatic rings. The number of rotatable bonds is 4. The van der Waals surface area contributed by atoms with Gasteiger partial charge >= 0.3 is 0 Å². The molecule has 0 spiro atoms. The highest BCUT2D eigenvalue weighted by atomic mass is 19.1. The first kappa shape index (κ1) is 20.0. The Balaban J connectivity index is 1.51. The Hall–Kier alpha value is -3.62. The molecule has 0 radical (unpaired) electrons. The normalized spacial score (nSPS) is 24.4. The van der Waals surface area contributed by atoms with Crippen molar-refractivity contribution < 1.29 is 9.31 Å². The van der Waals surface area contributed by atoms with Gasteiger partial charge in [0, 0.05) is 40.7 Å². The fourth-order valence-electron chi connectivity index (χ4n) is 5.78. The molecule has 3 fully saturated rings. The molecule has 0 saturated heterocycles. The summed E-state index contributed by atoms with van der Waals surface area (Å²) in [5.41, 5.74) is 1.58. The average molecular weight is 446 g/mol. The molecule has 2 bridgehead atoms. The number of anilines is 1. The lowest BCUT2D eigenvalue weighted by Crippen LogP contribution is -2.47. The molecule has 3 aliphatic carbocycles. The van der Waals surface area contributed by atoms with Crippen molar-refractivity contribution in [3.05, 3.63) is 52.6 Å². The standard InChI is InChI=1S/C24H23FN6O2/c1-12-13-2-4-14(5-3-13)21(12)29-23-17-7-6-16(31(32)33)9-20(17)28-24(30-23)19-11-27-22-18(19)8-15(25)10-26-22/h6-14,21H,2-5H2,1H3,(H,26,27)(H,28,29,30). The average Bonchev–Trinajstić information content (AvgIpc) is 3.24. The molecule has 9 heteroatoms. The van der Waals surface area contributed by atoms with E-state index in [2.05, 4.69) is 27.2 Å². The molecule has 2 atom stereocenters. The van der Waals surface area contributed by atoms with Gasteiger partial charge in [-0.25, -0.2) is 19.3 Å². The molecule has 7 rings (SSSR count). The first-order chi connectivity index (χ1) is 16.0. The summed E-state index contributed by atoms with van der Waals surface area (Å²) in [7, 11) is 0. The zero-order chi connectivity index (χ0) is 22.7. The number of H-pyrrole nitrogens is 1. The Labute approximate surface area is 188 Å². The first-order valence-electron chi connectivity index (χ1n) is 11.3. The lowest BCUT2D eigenvalue weighted by atomic mass is 9.62. The van der Waals surface area contributed by atoms with Crippen LogP contribution in [0.2, 0.25) is 0 Å². The first-order valence-corrected chi connectivity index (χ1v) is 11.3. The summed E-state index contributed by atoms with van der Waals surface area (Å²) in [6, 6.07) is 6.35. The topological polar surface area (TPSA) is 110 Å². The predicted octanol–water partition coefficient (Wildman–Crippen LogP) is 5.46. The van der Waals surface area contributed by atoms with E-state index in [-0.39, 0.29) is 5.69 Å². The van der Waals surface area contributed by atoms with E-state index in [4.69, 9.17) is 4.98 Å². The quantitative estimate of drug-likeness (QED) is 0.318. The summed E-state index contributed by atoms with van der Waals surface area (Å²) in [5, 5.41) is 16.4. The van der Waals surface area contributed by atoms with Crippen LogP contribution in [0.3, 0.4) is 0 Å². The van der Waals surface area contributed by atoms with Gasteiger partial charge in [0.05, 0.1) is 16.6 Å². The number of nitrogens with zero attached hydrogens (tertiary/aromatic N) is 4. The third-order valence-corrected chi connectivity index (χ3v) is 7.57. The summed E-state index contributed by atoms with van der Waals surface area (Å²) in [4.78, 5) is 27.6. The number of benzene rings is 1. The van der Waals surface area contributed by atoms with Crippen LogP contribution in [0, 0.1) is 33.7 Å². The van der Waals surface area contributed by atoms with E-state index in [1.165, 1.54) is 43.9 Å². The van der Waals surface area contributed by atoms with Gasteiger partial charge in [-0.2, -0.15) is 0 Å². The van der Waals surface area contributed by atoms with Gasteiger partial charge in [0.25, 0.3) is 5.69 Å². The van der Waals surface area contributed by atoms with E-state index >= 15 is 0 Å². The fraction of sp³-hybridized carbons (Fsp3) is 0.375. The molecule has 3 aromatic heterocycles. The summed E-state index contributed by atoms with van der Waals surface area (Å²) in [6.45, 7) is 2.30. The van der Waals surface area contributed by atoms with Crippen molar-refractivity contribution in [3.8, 4) is 11.4 Å². The van der Waals surface area contributed by atoms with Crippen LogP contribution in [0.25, 0.3) is 33.3 Å². The molecular formula is C24H23FN6O2. The van der Waals surface area contributed by atoms with Crippen LogP contribution >= 0.6 is 0 Å². The highest BCUT2D eigenvalue weighted by Gasteiger charge is 2.41. The number of nitrogens with one attached hydrogen (secondary N) is 2. The van der Waals surface area contributed by atoms with Gasteiger partial charge in [-0.3, -0.25) is 10.1 Å². The minimum Gasteiger partial charge on any atom is -0.366 e. The number of hydrogen-bond donors (Lipinski definition) is 2. The lowest BCUT2D eigenvalue weighted by Gasteiger charge is -2.47. The van der Waals surface area contributed by atoms with Gasteiger partial charge in [0.1, 0.15) is 17.3 Å². The van der Waals surface area contributed by atoms with Crippen molar-refractivity contribution in [1.29, 1.82) is 0 Å². The molecule has 3 heterocycles. The smallest absolute Gasteiger partial charge is 0.271 e. The summed E-state index contributed by atoms with van der Waals surface area (Å²) in [5.74, 6) is 2.40. The molecular weight excluding hydrogens is 423 g/mol. The van der Waals surface area contributed by atoms with Gasteiger partial charge in [0.2, 0.25) is 0 Å². The Morgan fingerprint density at radius 2 is 1.91 bits per heavy atom. The third-order valence-electron chi connectivity index (χ3n) is 7.57. The van der Waals surface area contributed by atoms with Crippen LogP contribution in [0.4, 0.5) is 15.9 Å². The van der Waals surface area contributed by atoms with E-state index < -0.39 is 10.7 Å². The molecule has 3 saturated carbocycles. The van der Waals surface area contributed by atoms with Gasteiger partial charge < -0.3 is 10.3 Å². The van der Waals surface area contributed by atoms with Gasteiger partial charge in [-0.05, 0) is 55.6 Å². The number of fused-ring (bicyclic) bond motifs is 5. The number of nitro groups is 1. The number of pyridine rings is 1. The summed E-state index contributed by atoms with van der Waals surface area (Å²) < 4.78 is 13.9. The van der Waals surface area contributed by atoms with Crippen molar-refractivity contribution in [1.82, 2.24) is 19.9 Å². The van der Waals surface area contributed by atoms with Crippen LogP contribution < -0.4 is 5.32 Å². The fourth-order valence-corrected chi connectivity index (χ4v) is 5.78. The van der Waals surface area contributed by atoms with Crippen molar-refractivity contribution in [2.75, 3.05) is 5.32 Å². The Morgan fingerprint density at radius 3 is 2.67 bits per heavy atom. The van der Waals surface area contributed by atoms with Crippen LogP contribution in [0.15, 0.2) is 36.7 Å². The Bertz CT molecular complexity index is 1390. The van der Waals surface area contributed by atoms with E-state index in [0.29, 0.717) is 57.6 Å². The highest BCUT2D eigenvalue weighted by Crippen LogP contribution is 2.46. The summed E-state index contributed by atoms with van der Waals surface area (Å²) in [6.07, 6.45) is 7.83. The SMILES string of the molecule is CC1C2CCC(CC2)C1Nc1nc(-c2c[nH]c3ncc(F)cc23)nc2cc([N+](=O)[O-])ccc12. The number of aromatic nitrogens is 4. The maximum absolute atomic E-state index is 13.9. The molecule has 1 aromatic carbocycles. The highest BCUT2D eigenvalue weighted by molar-refractivity contribution is 5.96. The molecule has 168 valence electrons. The maximum Gasteiger partial charge on any atom is 0.271 e. The second-order valence-electron chi connectivity index (χ2n) is 9.31. The van der Waals surface area contributed by atoms with Crippen molar-refractivity contribution >= 4 is 33.4 Å². The number of non-ortho nitro benzene ring substituents is 1. The minimum absolute atomic E-state index is 0.0326. The lowest BCUT2D eigenvalue weighted by molar-refractivity contribution is -0.384. The minimum atomic E-state index is -0.454. The van der Waals surface area contributed by atoms with Gasteiger partial charge in [0.15, 0.2) is 5.82 Å². The van der Waals surface area contributed by atoms with Crippen molar-refractivity contribution in [3.63, 3.8) is 0 Å². The van der Waals surface area contributed by atoms with E-state index in [9.17, 15) is 14.5 Å². The molecule has 2 N–H and O–H groups in total. The van der Waals surface area contributed by atoms with Crippen molar-refractivity contribution in [2.24, 2.45) is 17.8 Å². The van der Waals surface area contributed by atoms with E-state index in [1.807, 2.05) is 0 Å². The monoisotopic (exact) mass is 446 g/mol. The molecule has 33 heavy (non-hydrogen) atoms. The molecule has 2 unspecified atom stereocenters. The Kier molecular flexibility index (Phi) is 4.53. The van der Waals surface area contributed by atoms with Crippen LogP contribution in [-0.4, -0.2) is 30.9 Å². The second-order valence-corrected chi connectivity index (χ2v) is 9.31. The van der Waals surface area contributed by atoms with E-state index in [1.54, 1.807) is 12.3 Å². The molecule has 3 aliphatic rings. The Morgan fingerprint density at radius 1 is 1.12 bits per heavy atom. The third kappa shape index (κ3) is 3.30. The number of aromatic amines is 1. The summed E-state index contributed by atoms with van der Waals surface area (Å²) >= 11 is 0. The number of hydrogen-bond acceptors (Lipinski definition) is 6.